The van der Waals surface area contributed by atoms with Crippen molar-refractivity contribution in [2.24, 2.45) is 0 Å². The standard InChI is InChI=1S/C17H26N2O3/c1-21-16-4-2-15(3-5-16)19-9-6-14(7-10-19)18-17(12-20)8-11-22-13-17/h2-5,14,18,20H,6-13H2,1H3. The number of hydrogen-bond acceptors (Lipinski definition) is 5. The molecule has 2 saturated heterocycles. The van der Waals surface area contributed by atoms with Crippen LogP contribution >= 0.6 is 0 Å². The van der Waals surface area contributed by atoms with E-state index in [0.29, 0.717) is 12.6 Å². The number of ether oxygens (including phenoxy) is 2. The van der Waals surface area contributed by atoms with Gasteiger partial charge in [-0.05, 0) is 43.5 Å². The lowest BCUT2D eigenvalue weighted by Gasteiger charge is -2.38. The maximum absolute atomic E-state index is 9.66. The third-order valence-corrected chi connectivity index (χ3v) is 4.85. The summed E-state index contributed by atoms with van der Waals surface area (Å²) in [5.41, 5.74) is 1.03. The van der Waals surface area contributed by atoms with Crippen molar-refractivity contribution in [3.05, 3.63) is 24.3 Å². The first-order valence-corrected chi connectivity index (χ1v) is 8.10. The van der Waals surface area contributed by atoms with Crippen LogP contribution in [-0.2, 0) is 4.74 Å². The van der Waals surface area contributed by atoms with Crippen LogP contribution in [0.2, 0.25) is 0 Å². The molecule has 1 aromatic carbocycles. The monoisotopic (exact) mass is 306 g/mol. The summed E-state index contributed by atoms with van der Waals surface area (Å²) in [5.74, 6) is 0.895. The summed E-state index contributed by atoms with van der Waals surface area (Å²) < 4.78 is 10.7. The molecule has 22 heavy (non-hydrogen) atoms. The van der Waals surface area contributed by atoms with E-state index < -0.39 is 0 Å². The number of nitrogens with one attached hydrogen (secondary N) is 1. The summed E-state index contributed by atoms with van der Waals surface area (Å²) in [6, 6.07) is 8.72. The molecule has 0 aromatic heterocycles. The molecule has 0 radical (unpaired) electrons. The highest BCUT2D eigenvalue weighted by Gasteiger charge is 2.36. The predicted octanol–water partition coefficient (Wildman–Crippen LogP) is 1.40. The third-order valence-electron chi connectivity index (χ3n) is 4.85. The SMILES string of the molecule is COc1ccc(N2CCC(NC3(CO)CCOC3)CC2)cc1. The summed E-state index contributed by atoms with van der Waals surface area (Å²) in [5, 5.41) is 13.3. The Morgan fingerprint density at radius 3 is 2.59 bits per heavy atom. The van der Waals surface area contributed by atoms with Gasteiger partial charge in [0.1, 0.15) is 5.75 Å². The number of piperidine rings is 1. The van der Waals surface area contributed by atoms with E-state index in [4.69, 9.17) is 9.47 Å². The van der Waals surface area contributed by atoms with Crippen molar-refractivity contribution in [2.45, 2.75) is 30.8 Å². The highest BCUT2D eigenvalue weighted by atomic mass is 16.5. The maximum atomic E-state index is 9.66. The van der Waals surface area contributed by atoms with Gasteiger partial charge in [-0.1, -0.05) is 0 Å². The van der Waals surface area contributed by atoms with Gasteiger partial charge in [-0.3, -0.25) is 0 Å². The van der Waals surface area contributed by atoms with Gasteiger partial charge in [0.15, 0.2) is 0 Å². The average Bonchev–Trinajstić information content (AvgIpc) is 3.05. The molecule has 2 aliphatic rings. The summed E-state index contributed by atoms with van der Waals surface area (Å²) in [7, 11) is 1.69. The van der Waals surface area contributed by atoms with Gasteiger partial charge in [-0.15, -0.1) is 0 Å². The quantitative estimate of drug-likeness (QED) is 0.861. The van der Waals surface area contributed by atoms with E-state index in [-0.39, 0.29) is 12.1 Å². The molecule has 0 saturated carbocycles. The normalized spacial score (nSPS) is 26.4. The van der Waals surface area contributed by atoms with E-state index >= 15 is 0 Å². The molecule has 0 amide bonds. The number of rotatable bonds is 5. The van der Waals surface area contributed by atoms with Gasteiger partial charge in [0.25, 0.3) is 0 Å². The molecule has 1 unspecified atom stereocenters. The Hall–Kier alpha value is -1.30. The van der Waals surface area contributed by atoms with Gasteiger partial charge in [-0.25, -0.2) is 0 Å². The smallest absolute Gasteiger partial charge is 0.119 e. The molecule has 5 nitrogen and oxygen atoms in total. The van der Waals surface area contributed by atoms with E-state index in [1.807, 2.05) is 12.1 Å². The minimum Gasteiger partial charge on any atom is -0.497 e. The lowest BCUT2D eigenvalue weighted by Crippen LogP contribution is -2.56. The van der Waals surface area contributed by atoms with Crippen LogP contribution in [0.25, 0.3) is 0 Å². The molecule has 122 valence electrons. The Labute approximate surface area is 132 Å². The first-order chi connectivity index (χ1) is 10.7. The van der Waals surface area contributed by atoms with Crippen molar-refractivity contribution in [1.29, 1.82) is 0 Å². The third kappa shape index (κ3) is 3.37. The van der Waals surface area contributed by atoms with Crippen molar-refractivity contribution < 1.29 is 14.6 Å². The number of nitrogens with zero attached hydrogens (tertiary/aromatic N) is 1. The lowest BCUT2D eigenvalue weighted by molar-refractivity contribution is 0.109. The Morgan fingerprint density at radius 2 is 2.05 bits per heavy atom. The van der Waals surface area contributed by atoms with Gasteiger partial charge in [0, 0.05) is 31.4 Å². The number of hydrogen-bond donors (Lipinski definition) is 2. The largest absolute Gasteiger partial charge is 0.497 e. The molecule has 1 atom stereocenters. The van der Waals surface area contributed by atoms with Crippen LogP contribution in [0, 0.1) is 0 Å². The zero-order chi connectivity index (χ0) is 15.4. The van der Waals surface area contributed by atoms with Crippen molar-refractivity contribution in [3.8, 4) is 5.75 Å². The van der Waals surface area contributed by atoms with Crippen LogP contribution in [0.4, 0.5) is 5.69 Å². The first-order valence-electron chi connectivity index (χ1n) is 8.10. The van der Waals surface area contributed by atoms with Gasteiger partial charge >= 0.3 is 0 Å². The van der Waals surface area contributed by atoms with Crippen molar-refractivity contribution in [2.75, 3.05) is 44.9 Å². The Morgan fingerprint density at radius 1 is 1.32 bits per heavy atom. The van der Waals surface area contributed by atoms with Gasteiger partial charge in [0.2, 0.25) is 0 Å². The Kier molecular flexibility index (Phi) is 4.86. The first kappa shape index (κ1) is 15.6. The highest BCUT2D eigenvalue weighted by Crippen LogP contribution is 2.25. The fourth-order valence-corrected chi connectivity index (χ4v) is 3.40. The minimum absolute atomic E-state index is 0.158. The van der Waals surface area contributed by atoms with Crippen LogP contribution in [-0.4, -0.2) is 56.7 Å². The van der Waals surface area contributed by atoms with E-state index in [1.54, 1.807) is 7.11 Å². The van der Waals surface area contributed by atoms with Crippen molar-refractivity contribution >= 4 is 5.69 Å². The number of aliphatic hydroxyl groups excluding tert-OH is 1. The minimum atomic E-state index is -0.215. The Bertz CT molecular complexity index is 463. The van der Waals surface area contributed by atoms with Crippen LogP contribution < -0.4 is 15.0 Å². The average molecular weight is 306 g/mol. The van der Waals surface area contributed by atoms with Crippen molar-refractivity contribution in [1.82, 2.24) is 5.32 Å². The van der Waals surface area contributed by atoms with Crippen LogP contribution in [0.15, 0.2) is 24.3 Å². The van der Waals surface area contributed by atoms with E-state index in [9.17, 15) is 5.11 Å². The van der Waals surface area contributed by atoms with Gasteiger partial charge in [0.05, 0.1) is 25.9 Å². The summed E-state index contributed by atoms with van der Waals surface area (Å²) in [6.45, 7) is 3.60. The second-order valence-corrected chi connectivity index (χ2v) is 6.34. The molecule has 3 rings (SSSR count). The maximum Gasteiger partial charge on any atom is 0.119 e. The molecular formula is C17H26N2O3. The molecule has 1 aromatic rings. The van der Waals surface area contributed by atoms with Crippen LogP contribution in [0.5, 0.6) is 5.75 Å². The number of benzene rings is 1. The predicted molar refractivity (Wildman–Crippen MR) is 86.6 cm³/mol. The summed E-state index contributed by atoms with van der Waals surface area (Å²) in [4.78, 5) is 2.41. The number of anilines is 1. The molecule has 2 aliphatic heterocycles. The molecular weight excluding hydrogens is 280 g/mol. The van der Waals surface area contributed by atoms with E-state index in [0.717, 1.165) is 44.7 Å². The fourth-order valence-electron chi connectivity index (χ4n) is 3.40. The van der Waals surface area contributed by atoms with Gasteiger partial charge in [-0.2, -0.15) is 0 Å². The lowest BCUT2D eigenvalue weighted by atomic mass is 9.95. The molecule has 0 spiro atoms. The van der Waals surface area contributed by atoms with E-state index in [1.165, 1.54) is 5.69 Å². The second-order valence-electron chi connectivity index (χ2n) is 6.34. The van der Waals surface area contributed by atoms with Gasteiger partial charge < -0.3 is 24.8 Å². The molecule has 0 bridgehead atoms. The highest BCUT2D eigenvalue weighted by molar-refractivity contribution is 5.49. The summed E-state index contributed by atoms with van der Waals surface area (Å²) in [6.07, 6.45) is 3.09. The zero-order valence-electron chi connectivity index (χ0n) is 13.3. The zero-order valence-corrected chi connectivity index (χ0v) is 13.3. The fraction of sp³-hybridized carbons (Fsp3) is 0.647. The molecule has 2 fully saturated rings. The topological polar surface area (TPSA) is 54.0 Å². The number of aliphatic hydroxyl groups is 1. The number of methoxy groups -OCH3 is 1. The Balaban J connectivity index is 1.53. The van der Waals surface area contributed by atoms with Crippen molar-refractivity contribution in [3.63, 3.8) is 0 Å². The van der Waals surface area contributed by atoms with E-state index in [2.05, 4.69) is 22.3 Å². The van der Waals surface area contributed by atoms with Crippen LogP contribution in [0.1, 0.15) is 19.3 Å². The summed E-state index contributed by atoms with van der Waals surface area (Å²) >= 11 is 0. The molecule has 2 heterocycles. The molecule has 2 N–H and O–H groups in total. The van der Waals surface area contributed by atoms with Crippen LogP contribution in [0.3, 0.4) is 0 Å². The second kappa shape index (κ2) is 6.86. The molecule has 0 aliphatic carbocycles. The molecule has 5 heteroatoms.